The molecule has 4 rings (SSSR count). The number of hydrogen-bond acceptors (Lipinski definition) is 8. The van der Waals surface area contributed by atoms with Crippen LogP contribution in [0.4, 0.5) is 22.5 Å². The molecule has 2 N–H and O–H groups in total. The second-order valence-corrected chi connectivity index (χ2v) is 8.11. The molecule has 0 bridgehead atoms. The zero-order chi connectivity index (χ0) is 19.5. The van der Waals surface area contributed by atoms with E-state index in [-0.39, 0.29) is 23.4 Å². The second-order valence-electron chi connectivity index (χ2n) is 7.08. The van der Waals surface area contributed by atoms with Crippen LogP contribution in [0.5, 0.6) is 0 Å². The lowest BCUT2D eigenvalue weighted by molar-refractivity contribution is -0.383. The summed E-state index contributed by atoms with van der Waals surface area (Å²) in [6, 6.07) is 6.16. The number of rotatable bonds is 5. The first-order chi connectivity index (χ1) is 13.6. The fourth-order valence-corrected chi connectivity index (χ4v) is 4.55. The molecule has 0 saturated heterocycles. The number of fused-ring (bicyclic) bond motifs is 1. The van der Waals surface area contributed by atoms with Crippen molar-refractivity contribution >= 4 is 44.0 Å². The first-order valence-corrected chi connectivity index (χ1v) is 10.3. The van der Waals surface area contributed by atoms with Gasteiger partial charge >= 0.3 is 5.69 Å². The van der Waals surface area contributed by atoms with E-state index in [2.05, 4.69) is 25.6 Å². The van der Waals surface area contributed by atoms with Crippen LogP contribution in [0, 0.1) is 17.0 Å². The van der Waals surface area contributed by atoms with Gasteiger partial charge in [0.25, 0.3) is 0 Å². The van der Waals surface area contributed by atoms with Gasteiger partial charge in [-0.25, -0.2) is 15.0 Å². The van der Waals surface area contributed by atoms with Gasteiger partial charge in [0.2, 0.25) is 11.6 Å². The normalized spacial score (nSPS) is 15.3. The van der Waals surface area contributed by atoms with E-state index >= 15 is 0 Å². The van der Waals surface area contributed by atoms with Crippen LogP contribution in [-0.4, -0.2) is 25.9 Å². The van der Waals surface area contributed by atoms with E-state index in [4.69, 9.17) is 0 Å². The van der Waals surface area contributed by atoms with Crippen LogP contribution < -0.4 is 10.6 Å². The van der Waals surface area contributed by atoms with E-state index in [0.29, 0.717) is 5.13 Å². The Labute approximate surface area is 166 Å². The van der Waals surface area contributed by atoms with Crippen molar-refractivity contribution in [2.45, 2.75) is 51.5 Å². The predicted molar refractivity (Wildman–Crippen MR) is 111 cm³/mol. The molecule has 8 nitrogen and oxygen atoms in total. The van der Waals surface area contributed by atoms with E-state index in [1.807, 2.05) is 25.1 Å². The van der Waals surface area contributed by atoms with Crippen LogP contribution in [0.2, 0.25) is 0 Å². The topological polar surface area (TPSA) is 106 Å². The molecule has 1 aromatic carbocycles. The van der Waals surface area contributed by atoms with Crippen LogP contribution in [-0.2, 0) is 0 Å². The average molecular weight is 398 g/mol. The number of nitrogens with one attached hydrogen (secondary N) is 2. The lowest BCUT2D eigenvalue weighted by Gasteiger charge is -2.17. The molecule has 0 radical (unpaired) electrons. The van der Waals surface area contributed by atoms with Crippen molar-refractivity contribution in [3.8, 4) is 0 Å². The van der Waals surface area contributed by atoms with Crippen LogP contribution in [0.25, 0.3) is 10.2 Å². The van der Waals surface area contributed by atoms with Gasteiger partial charge in [-0.1, -0.05) is 49.2 Å². The smallest absolute Gasteiger partial charge is 0.353 e. The number of thiazole rings is 1. The Kier molecular flexibility index (Phi) is 5.34. The Bertz CT molecular complexity index is 997. The summed E-state index contributed by atoms with van der Waals surface area (Å²) < 4.78 is 1.02. The Hall–Kier alpha value is -2.81. The highest BCUT2D eigenvalue weighted by Crippen LogP contribution is 2.35. The van der Waals surface area contributed by atoms with E-state index in [0.717, 1.165) is 41.5 Å². The van der Waals surface area contributed by atoms with Crippen LogP contribution in [0.15, 0.2) is 24.5 Å². The van der Waals surface area contributed by atoms with Crippen molar-refractivity contribution < 1.29 is 4.92 Å². The monoisotopic (exact) mass is 398 g/mol. The fraction of sp³-hybridized carbons (Fsp3) is 0.421. The molecule has 1 aliphatic rings. The highest BCUT2D eigenvalue weighted by Gasteiger charge is 2.26. The van der Waals surface area contributed by atoms with E-state index in [1.165, 1.54) is 30.5 Å². The molecule has 28 heavy (non-hydrogen) atoms. The van der Waals surface area contributed by atoms with Crippen molar-refractivity contribution in [1.29, 1.82) is 0 Å². The standard InChI is InChI=1S/C19H22N6O2S/c1-12-7-6-10-14-15(12)23-19(28-14)24-18-16(25(26)27)17(20-11-21-18)22-13-8-4-2-3-5-9-13/h6-7,10-11,13H,2-5,8-9H2,1H3,(H2,20,21,22,23,24). The van der Waals surface area contributed by atoms with Gasteiger partial charge in [0, 0.05) is 6.04 Å². The molecule has 1 fully saturated rings. The molecule has 1 aliphatic carbocycles. The lowest BCUT2D eigenvalue weighted by atomic mass is 10.1. The number of aryl methyl sites for hydroxylation is 1. The predicted octanol–water partition coefficient (Wildman–Crippen LogP) is 5.18. The van der Waals surface area contributed by atoms with Crippen molar-refractivity contribution in [3.05, 3.63) is 40.2 Å². The molecule has 146 valence electrons. The maximum atomic E-state index is 11.8. The maximum absolute atomic E-state index is 11.8. The first kappa shape index (κ1) is 18.5. The summed E-state index contributed by atoms with van der Waals surface area (Å²) in [6.07, 6.45) is 8.05. The number of nitrogens with zero attached hydrogens (tertiary/aromatic N) is 4. The molecule has 3 aromatic rings. The molecule has 0 unspecified atom stereocenters. The van der Waals surface area contributed by atoms with Gasteiger partial charge in [0.1, 0.15) is 6.33 Å². The lowest BCUT2D eigenvalue weighted by Crippen LogP contribution is -2.20. The number of benzene rings is 1. The summed E-state index contributed by atoms with van der Waals surface area (Å²) in [5.41, 5.74) is 1.82. The van der Waals surface area contributed by atoms with Gasteiger partial charge in [-0.2, -0.15) is 0 Å². The number of hydrogen-bond donors (Lipinski definition) is 2. The zero-order valence-corrected chi connectivity index (χ0v) is 16.5. The Morgan fingerprint density at radius 3 is 2.61 bits per heavy atom. The molecule has 0 spiro atoms. The fourth-order valence-electron chi connectivity index (χ4n) is 3.61. The van der Waals surface area contributed by atoms with Crippen molar-refractivity contribution in [2.24, 2.45) is 0 Å². The van der Waals surface area contributed by atoms with Crippen LogP contribution >= 0.6 is 11.3 Å². The third-order valence-corrected chi connectivity index (χ3v) is 5.98. The Morgan fingerprint density at radius 1 is 1.14 bits per heavy atom. The third-order valence-electron chi connectivity index (χ3n) is 5.05. The first-order valence-electron chi connectivity index (χ1n) is 9.51. The number of anilines is 3. The van der Waals surface area contributed by atoms with Gasteiger partial charge < -0.3 is 10.6 Å². The summed E-state index contributed by atoms with van der Waals surface area (Å²) in [6.45, 7) is 1.99. The minimum absolute atomic E-state index is 0.136. The molecular formula is C19H22N6O2S. The highest BCUT2D eigenvalue weighted by atomic mass is 32.1. The summed E-state index contributed by atoms with van der Waals surface area (Å²) in [7, 11) is 0. The maximum Gasteiger partial charge on any atom is 0.353 e. The van der Waals surface area contributed by atoms with E-state index < -0.39 is 4.92 Å². The minimum atomic E-state index is -0.431. The number of para-hydroxylation sites is 1. The van der Waals surface area contributed by atoms with Gasteiger partial charge in [0.05, 0.1) is 15.1 Å². The largest absolute Gasteiger partial charge is 0.361 e. The van der Waals surface area contributed by atoms with E-state index in [1.54, 1.807) is 0 Å². The van der Waals surface area contributed by atoms with Crippen molar-refractivity contribution in [3.63, 3.8) is 0 Å². The molecule has 2 aromatic heterocycles. The molecule has 0 atom stereocenters. The van der Waals surface area contributed by atoms with Crippen molar-refractivity contribution in [1.82, 2.24) is 15.0 Å². The summed E-state index contributed by atoms with van der Waals surface area (Å²) in [5.74, 6) is 0.430. The molecule has 9 heteroatoms. The number of aromatic nitrogens is 3. The minimum Gasteiger partial charge on any atom is -0.361 e. The molecule has 2 heterocycles. The summed E-state index contributed by atoms with van der Waals surface area (Å²) >= 11 is 1.45. The average Bonchev–Trinajstić information content (AvgIpc) is 2.90. The van der Waals surface area contributed by atoms with Gasteiger partial charge in [-0.15, -0.1) is 0 Å². The van der Waals surface area contributed by atoms with Crippen molar-refractivity contribution in [2.75, 3.05) is 10.6 Å². The van der Waals surface area contributed by atoms with Gasteiger partial charge in [-0.05, 0) is 31.4 Å². The molecule has 1 saturated carbocycles. The summed E-state index contributed by atoms with van der Waals surface area (Å²) in [5, 5.41) is 18.7. The van der Waals surface area contributed by atoms with Crippen LogP contribution in [0.3, 0.4) is 0 Å². The quantitative estimate of drug-likeness (QED) is 0.346. The molecule has 0 aliphatic heterocycles. The Balaban J connectivity index is 1.64. The number of nitro groups is 1. The SMILES string of the molecule is Cc1cccc2sc(Nc3ncnc(NC4CCCCCC4)c3[N+](=O)[O-])nc12. The van der Waals surface area contributed by atoms with Gasteiger partial charge in [0.15, 0.2) is 5.13 Å². The summed E-state index contributed by atoms with van der Waals surface area (Å²) in [4.78, 5) is 24.2. The molecule has 0 amide bonds. The van der Waals surface area contributed by atoms with E-state index in [9.17, 15) is 10.1 Å². The third kappa shape index (κ3) is 3.89. The zero-order valence-electron chi connectivity index (χ0n) is 15.6. The molecular weight excluding hydrogens is 376 g/mol. The highest BCUT2D eigenvalue weighted by molar-refractivity contribution is 7.22. The second kappa shape index (κ2) is 8.05. The van der Waals surface area contributed by atoms with Crippen LogP contribution in [0.1, 0.15) is 44.1 Å². The Morgan fingerprint density at radius 2 is 1.89 bits per heavy atom. The van der Waals surface area contributed by atoms with Gasteiger partial charge in [-0.3, -0.25) is 10.1 Å².